The summed E-state index contributed by atoms with van der Waals surface area (Å²) in [5.74, 6) is -0.637. The average molecular weight is 502 g/mol. The van der Waals surface area contributed by atoms with Crippen molar-refractivity contribution in [3.8, 4) is 5.69 Å². The van der Waals surface area contributed by atoms with Crippen LogP contribution < -0.4 is 0 Å². The van der Waals surface area contributed by atoms with Crippen LogP contribution in [0.15, 0.2) is 48.5 Å². The molecule has 151 valence electrons. The molecule has 2 N–H and O–H groups in total. The maximum atomic E-state index is 12.5. The van der Waals surface area contributed by atoms with Crippen molar-refractivity contribution in [2.75, 3.05) is 0 Å². The zero-order chi connectivity index (χ0) is 20.9. The summed E-state index contributed by atoms with van der Waals surface area (Å²) in [6.45, 7) is -0.296. The molecule has 0 saturated carbocycles. The fourth-order valence-corrected chi connectivity index (χ4v) is 2.32. The topological polar surface area (TPSA) is 82.5 Å². The van der Waals surface area contributed by atoms with Gasteiger partial charge in [0.25, 0.3) is 0 Å². The van der Waals surface area contributed by atoms with Gasteiger partial charge < -0.3 is 11.5 Å². The van der Waals surface area contributed by atoms with Crippen molar-refractivity contribution in [3.05, 3.63) is 87.8 Å². The third-order valence-electron chi connectivity index (χ3n) is 3.43. The Morgan fingerprint density at radius 2 is 1.83 bits per heavy atom. The molecular formula is C18H13ClF4N4OY-2. The smallest absolute Gasteiger partial charge is 0.435 e. The van der Waals surface area contributed by atoms with E-state index in [1.165, 1.54) is 18.2 Å². The Morgan fingerprint density at radius 3 is 2.34 bits per heavy atom. The number of aldehydes is 1. The Bertz CT molecular complexity index is 979. The molecule has 0 aliphatic heterocycles. The van der Waals surface area contributed by atoms with Gasteiger partial charge in [-0.1, -0.05) is 23.7 Å². The van der Waals surface area contributed by atoms with E-state index >= 15 is 0 Å². The van der Waals surface area contributed by atoms with E-state index in [0.717, 1.165) is 16.8 Å². The first kappa shape index (κ1) is 25.2. The van der Waals surface area contributed by atoms with Crippen molar-refractivity contribution in [2.24, 2.45) is 0 Å². The number of nitrogens with one attached hydrogen (secondary N) is 2. The molecule has 1 radical (unpaired) electrons. The van der Waals surface area contributed by atoms with Gasteiger partial charge in [0.15, 0.2) is 12.0 Å². The standard InChI is InChI=1S/C11H8ClF3N3.C7H6FNO.Y/c12-7-2-1-3-8(4-7)18-9(6-16)5-10(17-18)11(13,14)15;8-7-3-6(9)2-1-5(7)4-10;/h1-5,16H,6H2;1-4H,(H2,9,10);/q-1;;/p-1. The van der Waals surface area contributed by atoms with Gasteiger partial charge in [-0.2, -0.15) is 18.3 Å². The van der Waals surface area contributed by atoms with Crippen LogP contribution in [0.2, 0.25) is 5.02 Å². The third-order valence-corrected chi connectivity index (χ3v) is 3.67. The first-order valence-electron chi connectivity index (χ1n) is 7.68. The largest absolute Gasteiger partial charge is 0.699 e. The van der Waals surface area contributed by atoms with E-state index in [-0.39, 0.29) is 56.2 Å². The molecule has 0 saturated heterocycles. The Hall–Kier alpha value is -1.81. The molecule has 3 aromatic rings. The van der Waals surface area contributed by atoms with E-state index < -0.39 is 17.7 Å². The number of halogens is 5. The van der Waals surface area contributed by atoms with Gasteiger partial charge in [0.05, 0.1) is 5.69 Å². The summed E-state index contributed by atoms with van der Waals surface area (Å²) in [6, 6.07) is 10.8. The van der Waals surface area contributed by atoms with Crippen LogP contribution in [0.4, 0.5) is 23.2 Å². The third kappa shape index (κ3) is 6.88. The first-order valence-corrected chi connectivity index (χ1v) is 8.06. The van der Waals surface area contributed by atoms with Crippen molar-refractivity contribution in [1.82, 2.24) is 9.78 Å². The Kier molecular flexibility index (Phi) is 9.42. The van der Waals surface area contributed by atoms with Gasteiger partial charge in [0.2, 0.25) is 0 Å². The molecule has 2 aromatic carbocycles. The zero-order valence-electron chi connectivity index (χ0n) is 14.7. The second-order valence-corrected chi connectivity index (χ2v) is 5.88. The predicted molar refractivity (Wildman–Crippen MR) is 97.4 cm³/mol. The number of hydrogen-bond donors (Lipinski definition) is 0. The summed E-state index contributed by atoms with van der Waals surface area (Å²) in [4.78, 5) is 10.0. The first-order chi connectivity index (χ1) is 13.2. The number of hydrogen-bond acceptors (Lipinski definition) is 2. The van der Waals surface area contributed by atoms with Crippen LogP contribution in [-0.4, -0.2) is 16.1 Å². The second-order valence-electron chi connectivity index (χ2n) is 5.44. The van der Waals surface area contributed by atoms with Crippen LogP contribution in [-0.2, 0) is 45.4 Å². The number of carbonyl (C=O) groups excluding carboxylic acids is 1. The molecule has 5 nitrogen and oxygen atoms in total. The summed E-state index contributed by atoms with van der Waals surface area (Å²) in [5, 5.41) is 3.87. The number of carbonyl (C=O) groups is 1. The molecular weight excluding hydrogens is 489 g/mol. The number of rotatable bonds is 3. The Morgan fingerprint density at radius 1 is 1.14 bits per heavy atom. The van der Waals surface area contributed by atoms with E-state index in [1.807, 2.05) is 0 Å². The quantitative estimate of drug-likeness (QED) is 0.307. The Labute approximate surface area is 193 Å². The molecule has 1 aromatic heterocycles. The molecule has 0 atom stereocenters. The zero-order valence-corrected chi connectivity index (χ0v) is 18.3. The molecule has 0 amide bonds. The summed E-state index contributed by atoms with van der Waals surface area (Å²) in [6.07, 6.45) is -4.09. The fourth-order valence-electron chi connectivity index (χ4n) is 2.14. The fraction of sp³-hybridized carbons (Fsp3) is 0.111. The second kappa shape index (κ2) is 10.8. The molecule has 0 bridgehead atoms. The van der Waals surface area contributed by atoms with Gasteiger partial charge in [0.1, 0.15) is 5.82 Å². The number of alkyl halides is 3. The number of benzene rings is 2. The molecule has 0 aliphatic carbocycles. The van der Waals surface area contributed by atoms with Crippen LogP contribution in [0.3, 0.4) is 0 Å². The van der Waals surface area contributed by atoms with Gasteiger partial charge in [0, 0.05) is 49.0 Å². The van der Waals surface area contributed by atoms with Crippen LogP contribution in [0.1, 0.15) is 21.7 Å². The van der Waals surface area contributed by atoms with Gasteiger partial charge >= 0.3 is 6.18 Å². The molecule has 29 heavy (non-hydrogen) atoms. The van der Waals surface area contributed by atoms with Crippen molar-refractivity contribution in [1.29, 1.82) is 0 Å². The van der Waals surface area contributed by atoms with Crippen molar-refractivity contribution >= 4 is 23.6 Å². The van der Waals surface area contributed by atoms with Gasteiger partial charge in [-0.15, -0.1) is 12.2 Å². The van der Waals surface area contributed by atoms with E-state index in [2.05, 4.69) is 5.10 Å². The maximum absolute atomic E-state index is 12.5. The van der Waals surface area contributed by atoms with Crippen LogP contribution in [0.25, 0.3) is 17.2 Å². The van der Waals surface area contributed by atoms with Crippen molar-refractivity contribution < 1.29 is 55.1 Å². The van der Waals surface area contributed by atoms with Gasteiger partial charge in [-0.25, -0.2) is 9.07 Å². The predicted octanol–water partition coefficient (Wildman–Crippen LogP) is 6.42. The molecule has 3 rings (SSSR count). The number of aromatic nitrogens is 2. The average Bonchev–Trinajstić information content (AvgIpc) is 3.07. The minimum atomic E-state index is -4.52. The normalized spacial score (nSPS) is 10.6. The van der Waals surface area contributed by atoms with Gasteiger partial charge in [-0.3, -0.25) is 4.79 Å². The Balaban J connectivity index is 0.000000327. The summed E-state index contributed by atoms with van der Waals surface area (Å²) < 4.78 is 51.2. The monoisotopic (exact) mass is 501 g/mol. The molecule has 11 heteroatoms. The van der Waals surface area contributed by atoms with Crippen LogP contribution in [0.5, 0.6) is 0 Å². The summed E-state index contributed by atoms with van der Waals surface area (Å²) in [7, 11) is 0. The van der Waals surface area contributed by atoms with E-state index in [0.29, 0.717) is 17.0 Å². The number of nitrogens with zero attached hydrogens (tertiary/aromatic N) is 2. The van der Waals surface area contributed by atoms with Crippen molar-refractivity contribution in [2.45, 2.75) is 12.7 Å². The van der Waals surface area contributed by atoms with Gasteiger partial charge in [-0.05, 0) is 36.4 Å². The molecule has 0 fully saturated rings. The molecule has 0 unspecified atom stereocenters. The van der Waals surface area contributed by atoms with E-state index in [4.69, 9.17) is 23.1 Å². The molecule has 0 aliphatic rings. The molecule has 0 spiro atoms. The molecule has 1 heterocycles. The minimum Gasteiger partial charge on any atom is -0.699 e. The minimum absolute atomic E-state index is 0. The van der Waals surface area contributed by atoms with Crippen LogP contribution in [0, 0.1) is 5.82 Å². The van der Waals surface area contributed by atoms with E-state index in [1.54, 1.807) is 18.2 Å². The SMILES string of the molecule is [NH-]Cc1cc(C(F)(F)F)nn1-c1cccc(Cl)c1.[NH-]c1ccc(C=O)c(F)c1.[Y]. The van der Waals surface area contributed by atoms with E-state index in [9.17, 15) is 22.4 Å². The van der Waals surface area contributed by atoms with Crippen molar-refractivity contribution in [3.63, 3.8) is 0 Å². The van der Waals surface area contributed by atoms with Crippen LogP contribution >= 0.6 is 11.6 Å². The maximum Gasteiger partial charge on any atom is 0.435 e. The summed E-state index contributed by atoms with van der Waals surface area (Å²) in [5.41, 5.74) is 13.8. The summed E-state index contributed by atoms with van der Waals surface area (Å²) >= 11 is 5.78.